The van der Waals surface area contributed by atoms with Crippen molar-refractivity contribution in [3.05, 3.63) is 18.2 Å². The third-order valence-electron chi connectivity index (χ3n) is 4.67. The second-order valence-electron chi connectivity index (χ2n) is 6.19. The van der Waals surface area contributed by atoms with Crippen molar-refractivity contribution in [3.63, 3.8) is 0 Å². The summed E-state index contributed by atoms with van der Waals surface area (Å²) in [5.74, 6) is 1.87. The molecule has 1 aliphatic carbocycles. The molecular formula is C15H25N5O. The number of hydrogen-bond acceptors (Lipinski definition) is 4. The van der Waals surface area contributed by atoms with E-state index in [1.165, 1.54) is 19.3 Å². The summed E-state index contributed by atoms with van der Waals surface area (Å²) in [7, 11) is 2.01. The monoisotopic (exact) mass is 291 g/mol. The normalized spacial score (nSPS) is 23.8. The number of amides is 1. The number of piperazine rings is 1. The van der Waals surface area contributed by atoms with E-state index in [2.05, 4.69) is 20.5 Å². The Morgan fingerprint density at radius 2 is 2.38 bits per heavy atom. The quantitative estimate of drug-likeness (QED) is 0.818. The van der Waals surface area contributed by atoms with Crippen LogP contribution in [0.25, 0.3) is 0 Å². The van der Waals surface area contributed by atoms with Crippen LogP contribution in [0.1, 0.15) is 31.1 Å². The van der Waals surface area contributed by atoms with Gasteiger partial charge in [0.05, 0.1) is 12.6 Å². The molecule has 0 spiro atoms. The number of imidazole rings is 1. The molecule has 1 atom stereocenters. The fourth-order valence-corrected chi connectivity index (χ4v) is 3.08. The first-order valence-electron chi connectivity index (χ1n) is 7.92. The predicted molar refractivity (Wildman–Crippen MR) is 80.7 cm³/mol. The van der Waals surface area contributed by atoms with Gasteiger partial charge in [-0.15, -0.1) is 0 Å². The molecule has 1 saturated carbocycles. The lowest BCUT2D eigenvalue weighted by Gasteiger charge is -2.35. The molecule has 1 saturated heterocycles. The molecule has 1 amide bonds. The Bertz CT molecular complexity index is 482. The Balaban J connectivity index is 1.56. The molecule has 3 rings (SSSR count). The Hall–Kier alpha value is -1.40. The van der Waals surface area contributed by atoms with Gasteiger partial charge in [0.25, 0.3) is 0 Å². The third kappa shape index (κ3) is 3.44. The van der Waals surface area contributed by atoms with Crippen LogP contribution in [-0.2, 0) is 11.8 Å². The van der Waals surface area contributed by atoms with Gasteiger partial charge in [0, 0.05) is 45.6 Å². The van der Waals surface area contributed by atoms with Crippen LogP contribution >= 0.6 is 0 Å². The smallest absolute Gasteiger partial charge is 0.234 e. The molecule has 21 heavy (non-hydrogen) atoms. The third-order valence-corrected chi connectivity index (χ3v) is 4.67. The maximum atomic E-state index is 12.2. The summed E-state index contributed by atoms with van der Waals surface area (Å²) in [5.41, 5.74) is 0. The van der Waals surface area contributed by atoms with Gasteiger partial charge >= 0.3 is 0 Å². The molecule has 0 aromatic carbocycles. The van der Waals surface area contributed by atoms with Gasteiger partial charge in [-0.2, -0.15) is 0 Å². The number of carbonyl (C=O) groups is 1. The van der Waals surface area contributed by atoms with Crippen LogP contribution in [0.4, 0.5) is 0 Å². The van der Waals surface area contributed by atoms with Crippen LogP contribution in [-0.4, -0.2) is 53.1 Å². The molecule has 6 nitrogen and oxygen atoms in total. The van der Waals surface area contributed by atoms with Crippen molar-refractivity contribution in [2.45, 2.75) is 25.3 Å². The van der Waals surface area contributed by atoms with Gasteiger partial charge in [-0.25, -0.2) is 4.98 Å². The molecule has 1 unspecified atom stereocenters. The lowest BCUT2D eigenvalue weighted by atomic mass is 9.85. The number of nitrogens with zero attached hydrogens (tertiary/aromatic N) is 3. The standard InChI is InChI=1S/C15H25N5O/c1-19-7-6-17-15(19)13-10-16-5-8-20(13)11-14(21)18-9-12-3-2-4-12/h6-7,12-13,16H,2-5,8-11H2,1H3,(H,18,21). The van der Waals surface area contributed by atoms with E-state index in [-0.39, 0.29) is 11.9 Å². The van der Waals surface area contributed by atoms with E-state index >= 15 is 0 Å². The molecule has 1 aromatic heterocycles. The van der Waals surface area contributed by atoms with Crippen molar-refractivity contribution in [1.82, 2.24) is 25.1 Å². The first kappa shape index (κ1) is 14.5. The van der Waals surface area contributed by atoms with E-state index in [1.54, 1.807) is 0 Å². The Morgan fingerprint density at radius 3 is 3.05 bits per heavy atom. The van der Waals surface area contributed by atoms with Gasteiger partial charge < -0.3 is 15.2 Å². The molecule has 1 aliphatic heterocycles. The van der Waals surface area contributed by atoms with Crippen molar-refractivity contribution in [1.29, 1.82) is 0 Å². The summed E-state index contributed by atoms with van der Waals surface area (Å²) in [4.78, 5) is 18.8. The second kappa shape index (κ2) is 6.58. The molecule has 0 radical (unpaired) electrons. The van der Waals surface area contributed by atoms with E-state index in [1.807, 2.05) is 24.0 Å². The minimum absolute atomic E-state index is 0.142. The van der Waals surface area contributed by atoms with Crippen molar-refractivity contribution in [3.8, 4) is 0 Å². The number of nitrogens with one attached hydrogen (secondary N) is 2. The summed E-state index contributed by atoms with van der Waals surface area (Å²) >= 11 is 0. The number of carbonyl (C=O) groups excluding carboxylic acids is 1. The summed E-state index contributed by atoms with van der Waals surface area (Å²) < 4.78 is 2.04. The number of aromatic nitrogens is 2. The zero-order valence-electron chi connectivity index (χ0n) is 12.7. The van der Waals surface area contributed by atoms with Gasteiger partial charge in [-0.1, -0.05) is 6.42 Å². The fraction of sp³-hybridized carbons (Fsp3) is 0.733. The van der Waals surface area contributed by atoms with Crippen LogP contribution in [0.15, 0.2) is 12.4 Å². The molecule has 2 heterocycles. The largest absolute Gasteiger partial charge is 0.355 e. The van der Waals surface area contributed by atoms with Crippen LogP contribution < -0.4 is 10.6 Å². The molecule has 2 aliphatic rings. The molecule has 2 N–H and O–H groups in total. The van der Waals surface area contributed by atoms with Gasteiger partial charge in [-0.3, -0.25) is 9.69 Å². The number of aryl methyl sites for hydroxylation is 1. The molecule has 6 heteroatoms. The summed E-state index contributed by atoms with van der Waals surface area (Å²) in [5, 5.41) is 6.48. The van der Waals surface area contributed by atoms with E-state index in [0.29, 0.717) is 12.5 Å². The molecule has 1 aromatic rings. The van der Waals surface area contributed by atoms with Crippen molar-refractivity contribution < 1.29 is 4.79 Å². The Labute approximate surface area is 125 Å². The summed E-state index contributed by atoms with van der Waals surface area (Å²) in [6, 6.07) is 0.174. The van der Waals surface area contributed by atoms with E-state index in [9.17, 15) is 4.79 Å². The minimum atomic E-state index is 0.142. The van der Waals surface area contributed by atoms with Gasteiger partial charge in [0.1, 0.15) is 5.82 Å². The van der Waals surface area contributed by atoms with Gasteiger partial charge in [0.15, 0.2) is 0 Å². The molecular weight excluding hydrogens is 266 g/mol. The average molecular weight is 291 g/mol. The first-order chi connectivity index (χ1) is 10.2. The highest BCUT2D eigenvalue weighted by Gasteiger charge is 2.28. The van der Waals surface area contributed by atoms with E-state index < -0.39 is 0 Å². The molecule has 116 valence electrons. The second-order valence-corrected chi connectivity index (χ2v) is 6.19. The summed E-state index contributed by atoms with van der Waals surface area (Å²) in [6.45, 7) is 3.97. The minimum Gasteiger partial charge on any atom is -0.355 e. The van der Waals surface area contributed by atoms with Crippen LogP contribution in [0.2, 0.25) is 0 Å². The Kier molecular flexibility index (Phi) is 4.55. The van der Waals surface area contributed by atoms with Crippen LogP contribution in [0.3, 0.4) is 0 Å². The van der Waals surface area contributed by atoms with Crippen molar-refractivity contribution in [2.24, 2.45) is 13.0 Å². The lowest BCUT2D eigenvalue weighted by Crippen LogP contribution is -2.50. The fourth-order valence-electron chi connectivity index (χ4n) is 3.08. The highest BCUT2D eigenvalue weighted by atomic mass is 16.2. The van der Waals surface area contributed by atoms with Crippen LogP contribution in [0.5, 0.6) is 0 Å². The summed E-state index contributed by atoms with van der Waals surface area (Å²) in [6.07, 6.45) is 7.63. The topological polar surface area (TPSA) is 62.2 Å². The lowest BCUT2D eigenvalue weighted by molar-refractivity contribution is -0.123. The maximum Gasteiger partial charge on any atom is 0.234 e. The highest BCUT2D eigenvalue weighted by Crippen LogP contribution is 2.25. The number of rotatable bonds is 5. The van der Waals surface area contributed by atoms with Crippen LogP contribution in [0, 0.1) is 5.92 Å². The maximum absolute atomic E-state index is 12.2. The van der Waals surface area contributed by atoms with Crippen molar-refractivity contribution >= 4 is 5.91 Å². The van der Waals surface area contributed by atoms with E-state index in [4.69, 9.17) is 0 Å². The number of hydrogen-bond donors (Lipinski definition) is 2. The SMILES string of the molecule is Cn1ccnc1C1CNCCN1CC(=O)NCC1CCC1. The molecule has 2 fully saturated rings. The van der Waals surface area contributed by atoms with Gasteiger partial charge in [-0.05, 0) is 18.8 Å². The van der Waals surface area contributed by atoms with Gasteiger partial charge in [0.2, 0.25) is 5.91 Å². The molecule has 0 bridgehead atoms. The highest BCUT2D eigenvalue weighted by molar-refractivity contribution is 5.78. The zero-order chi connectivity index (χ0) is 14.7. The average Bonchev–Trinajstić information content (AvgIpc) is 2.84. The zero-order valence-corrected chi connectivity index (χ0v) is 12.7. The van der Waals surface area contributed by atoms with E-state index in [0.717, 1.165) is 32.0 Å². The Morgan fingerprint density at radius 1 is 1.52 bits per heavy atom. The first-order valence-corrected chi connectivity index (χ1v) is 7.92. The predicted octanol–water partition coefficient (Wildman–Crippen LogP) is 0.283. The van der Waals surface area contributed by atoms with Crippen molar-refractivity contribution in [2.75, 3.05) is 32.7 Å².